The molecule has 1 aliphatic rings. The maximum atomic E-state index is 13.8. The van der Waals surface area contributed by atoms with Crippen LogP contribution in [0.4, 0.5) is 21.8 Å². The zero-order valence-electron chi connectivity index (χ0n) is 18.8. The van der Waals surface area contributed by atoms with Crippen LogP contribution in [-0.4, -0.2) is 93.8 Å². The van der Waals surface area contributed by atoms with Gasteiger partial charge in [0.25, 0.3) is 5.88 Å². The van der Waals surface area contributed by atoms with Gasteiger partial charge in [-0.05, 0) is 6.42 Å². The zero-order valence-corrected chi connectivity index (χ0v) is 18.8. The van der Waals surface area contributed by atoms with Crippen molar-refractivity contribution in [2.24, 2.45) is 7.05 Å². The number of imidazole rings is 1. The molecule has 3 aromatic rings. The highest BCUT2D eigenvalue weighted by molar-refractivity contribution is 5.87. The van der Waals surface area contributed by atoms with E-state index in [1.165, 1.54) is 0 Å². The predicted molar refractivity (Wildman–Crippen MR) is 119 cm³/mol. The highest BCUT2D eigenvalue weighted by Crippen LogP contribution is 2.30. The molecule has 12 nitrogen and oxygen atoms in total. The molecule has 0 aromatic carbocycles. The van der Waals surface area contributed by atoms with Gasteiger partial charge < -0.3 is 34.1 Å². The van der Waals surface area contributed by atoms with Crippen molar-refractivity contribution in [2.45, 2.75) is 19.1 Å². The van der Waals surface area contributed by atoms with E-state index >= 15 is 0 Å². The number of nitrogens with one attached hydrogen (secondary N) is 1. The Balaban J connectivity index is 1.48. The molecule has 0 unspecified atom stereocenters. The van der Waals surface area contributed by atoms with Crippen LogP contribution in [0.15, 0.2) is 12.5 Å². The quantitative estimate of drug-likeness (QED) is 0.373. The molecule has 0 radical (unpaired) electrons. The van der Waals surface area contributed by atoms with Gasteiger partial charge in [0.05, 0.1) is 65.8 Å². The molecule has 4 rings (SSSR count). The van der Waals surface area contributed by atoms with Gasteiger partial charge in [-0.25, -0.2) is 9.37 Å². The highest BCUT2D eigenvalue weighted by atomic mass is 19.1. The second-order valence-electron chi connectivity index (χ2n) is 7.62. The minimum atomic E-state index is -0.881. The third kappa shape index (κ3) is 5.49. The number of aryl methyl sites for hydroxylation is 1. The first-order valence-electron chi connectivity index (χ1n) is 10.8. The smallest absolute Gasteiger partial charge is 0.256 e. The normalized spacial score (nSPS) is 16.1. The van der Waals surface area contributed by atoms with Crippen LogP contribution >= 0.6 is 0 Å². The Hall–Kier alpha value is -3.03. The van der Waals surface area contributed by atoms with Gasteiger partial charge in [-0.15, -0.1) is 5.10 Å². The summed E-state index contributed by atoms with van der Waals surface area (Å²) in [6.07, 6.45) is 3.05. The van der Waals surface area contributed by atoms with Gasteiger partial charge in [0.15, 0.2) is 17.0 Å². The number of methoxy groups -OCH3 is 1. The Morgan fingerprint density at radius 3 is 2.76 bits per heavy atom. The number of halogens is 1. The summed E-state index contributed by atoms with van der Waals surface area (Å²) in [4.78, 5) is 15.5. The lowest BCUT2D eigenvalue weighted by molar-refractivity contribution is 0.0303. The predicted octanol–water partition coefficient (Wildman–Crippen LogP) is 0.886. The number of hydrogen-bond acceptors (Lipinski definition) is 10. The summed E-state index contributed by atoms with van der Waals surface area (Å²) < 4.78 is 33.4. The number of rotatable bonds is 12. The lowest BCUT2D eigenvalue weighted by Gasteiger charge is -2.16. The number of hydrogen-bond donors (Lipinski definition) is 2. The Labute approximate surface area is 190 Å². The molecule has 0 amide bonds. The van der Waals surface area contributed by atoms with Crippen LogP contribution in [0.2, 0.25) is 0 Å². The van der Waals surface area contributed by atoms with Crippen molar-refractivity contribution < 1.29 is 23.7 Å². The van der Waals surface area contributed by atoms with Gasteiger partial charge in [0.2, 0.25) is 5.95 Å². The summed E-state index contributed by atoms with van der Waals surface area (Å²) in [6.45, 7) is 2.94. The molecule has 2 N–H and O–H groups in total. The maximum absolute atomic E-state index is 13.8. The van der Waals surface area contributed by atoms with Gasteiger partial charge in [0, 0.05) is 13.6 Å². The topological polar surface area (TPSA) is 125 Å². The van der Waals surface area contributed by atoms with Crippen molar-refractivity contribution in [2.75, 3.05) is 63.5 Å². The molecule has 0 saturated carbocycles. The molecule has 1 saturated heterocycles. The Morgan fingerprint density at radius 1 is 1.21 bits per heavy atom. The molecule has 33 heavy (non-hydrogen) atoms. The lowest BCUT2D eigenvalue weighted by atomic mass is 10.3. The van der Waals surface area contributed by atoms with E-state index in [1.54, 1.807) is 28.9 Å². The molecule has 4 heterocycles. The molecule has 180 valence electrons. The van der Waals surface area contributed by atoms with E-state index in [2.05, 4.69) is 25.4 Å². The molecular weight excluding hydrogens is 435 g/mol. The Kier molecular flexibility index (Phi) is 7.52. The Bertz CT molecular complexity index is 1060. The van der Waals surface area contributed by atoms with Crippen molar-refractivity contribution in [3.63, 3.8) is 0 Å². The summed E-state index contributed by atoms with van der Waals surface area (Å²) in [5.74, 6) is 1.35. The largest absolute Gasteiger partial charge is 0.478 e. The monoisotopic (exact) mass is 464 g/mol. The molecule has 0 aliphatic carbocycles. The first kappa shape index (κ1) is 23.1. The van der Waals surface area contributed by atoms with Gasteiger partial charge in [-0.3, -0.25) is 4.68 Å². The fraction of sp³-hybridized carbons (Fsp3) is 0.600. The van der Waals surface area contributed by atoms with E-state index in [0.717, 1.165) is 0 Å². The van der Waals surface area contributed by atoms with E-state index in [9.17, 15) is 4.39 Å². The summed E-state index contributed by atoms with van der Waals surface area (Å²) >= 11 is 0. The fourth-order valence-corrected chi connectivity index (χ4v) is 3.55. The van der Waals surface area contributed by atoms with Crippen molar-refractivity contribution in [1.29, 1.82) is 0 Å². The van der Waals surface area contributed by atoms with E-state index in [1.807, 2.05) is 11.9 Å². The molecule has 1 aliphatic heterocycles. The minimum absolute atomic E-state index is 0.00408. The van der Waals surface area contributed by atoms with Crippen molar-refractivity contribution >= 4 is 28.6 Å². The molecule has 1 atom stereocenters. The lowest BCUT2D eigenvalue weighted by Crippen LogP contribution is -2.23. The van der Waals surface area contributed by atoms with Crippen LogP contribution in [0, 0.1) is 0 Å². The Morgan fingerprint density at radius 2 is 2.03 bits per heavy atom. The second-order valence-corrected chi connectivity index (χ2v) is 7.62. The average molecular weight is 465 g/mol. The van der Waals surface area contributed by atoms with Crippen molar-refractivity contribution in [1.82, 2.24) is 29.3 Å². The highest BCUT2D eigenvalue weighted by Gasteiger charge is 2.26. The van der Waals surface area contributed by atoms with E-state index in [-0.39, 0.29) is 13.2 Å². The van der Waals surface area contributed by atoms with Gasteiger partial charge in [0.1, 0.15) is 11.9 Å². The van der Waals surface area contributed by atoms with Gasteiger partial charge >= 0.3 is 0 Å². The molecule has 1 fully saturated rings. The van der Waals surface area contributed by atoms with Crippen LogP contribution < -0.4 is 15.0 Å². The summed E-state index contributed by atoms with van der Waals surface area (Å²) in [5.41, 5.74) is 1.86. The van der Waals surface area contributed by atoms with Crippen molar-refractivity contribution in [3.05, 3.63) is 12.5 Å². The van der Waals surface area contributed by atoms with Gasteiger partial charge in [-0.2, -0.15) is 9.97 Å². The average Bonchev–Trinajstić information content (AvgIpc) is 3.52. The zero-order chi connectivity index (χ0) is 23.2. The van der Waals surface area contributed by atoms with E-state index < -0.39 is 6.17 Å². The molecule has 3 aromatic heterocycles. The SMILES string of the molecule is COc1nn(CCOCCOCCO)cc1Nc1nc(N2CC[C@@H](F)C2)nc2c1ncn2C. The summed E-state index contributed by atoms with van der Waals surface area (Å²) in [5, 5.41) is 16.4. The standard InChI is InChI=1S/C20H29FN8O4/c1-27-13-22-16-17(24-20(25-18(16)27)28-4-3-14(21)11-28)23-15-12-29(26-19(15)31-2)5-7-32-9-10-33-8-6-30/h12-14,30H,3-11H2,1-2H3,(H,23,24,25)/t14-/m1/s1. The number of alkyl halides is 1. The van der Waals surface area contributed by atoms with Crippen LogP contribution in [0.1, 0.15) is 6.42 Å². The summed E-state index contributed by atoms with van der Waals surface area (Å²) in [6, 6.07) is 0. The summed E-state index contributed by atoms with van der Waals surface area (Å²) in [7, 11) is 3.39. The first-order chi connectivity index (χ1) is 16.1. The second kappa shape index (κ2) is 10.7. The van der Waals surface area contributed by atoms with Gasteiger partial charge in [-0.1, -0.05) is 0 Å². The number of nitrogens with zero attached hydrogens (tertiary/aromatic N) is 7. The van der Waals surface area contributed by atoms with Crippen molar-refractivity contribution in [3.8, 4) is 5.88 Å². The number of aliphatic hydroxyl groups is 1. The van der Waals surface area contributed by atoms with E-state index in [0.29, 0.717) is 80.4 Å². The number of aliphatic hydroxyl groups excluding tert-OH is 1. The van der Waals surface area contributed by atoms with E-state index in [4.69, 9.17) is 19.3 Å². The number of fused-ring (bicyclic) bond motifs is 1. The third-order valence-electron chi connectivity index (χ3n) is 5.21. The fourth-order valence-electron chi connectivity index (χ4n) is 3.55. The molecule has 0 bridgehead atoms. The molecule has 13 heteroatoms. The third-order valence-corrected chi connectivity index (χ3v) is 5.21. The number of ether oxygens (including phenoxy) is 3. The van der Waals surface area contributed by atoms with Crippen LogP contribution in [0.5, 0.6) is 5.88 Å². The van der Waals surface area contributed by atoms with Crippen LogP contribution in [0.25, 0.3) is 11.2 Å². The van der Waals surface area contributed by atoms with Crippen LogP contribution in [0.3, 0.4) is 0 Å². The molecular formula is C20H29FN8O4. The maximum Gasteiger partial charge on any atom is 0.256 e. The number of anilines is 3. The first-order valence-corrected chi connectivity index (χ1v) is 10.8. The van der Waals surface area contributed by atoms with Crippen LogP contribution in [-0.2, 0) is 23.1 Å². The minimum Gasteiger partial charge on any atom is -0.478 e. The molecule has 0 spiro atoms. The number of aromatic nitrogens is 6.